The number of carbonyl (C=O) groups excluding carboxylic acids is 1. The second-order valence-electron chi connectivity index (χ2n) is 9.42. The van der Waals surface area contributed by atoms with Crippen LogP contribution in [0.2, 0.25) is 5.02 Å². The van der Waals surface area contributed by atoms with E-state index in [1.54, 1.807) is 66.7 Å². The van der Waals surface area contributed by atoms with Gasteiger partial charge in [-0.1, -0.05) is 57.9 Å². The average Bonchev–Trinajstić information content (AvgIpc) is 3.43. The van der Waals surface area contributed by atoms with Gasteiger partial charge in [0, 0.05) is 27.2 Å². The van der Waals surface area contributed by atoms with Crippen LogP contribution in [0, 0.1) is 10.1 Å². The third-order valence-corrected chi connectivity index (χ3v) is 7.20. The van der Waals surface area contributed by atoms with Crippen molar-refractivity contribution >= 4 is 72.9 Å². The molecule has 0 atom stereocenters. The van der Waals surface area contributed by atoms with Crippen molar-refractivity contribution in [3.05, 3.63) is 127 Å². The fraction of sp³-hybridized carbons (Fsp3) is 0.0323. The van der Waals surface area contributed by atoms with Crippen molar-refractivity contribution in [3.8, 4) is 17.3 Å². The summed E-state index contributed by atoms with van der Waals surface area (Å²) in [5.41, 5.74) is 0.796. The number of rotatable bonds is 8. The molecule has 218 valence electrons. The molecular formula is C31H19BrClN5O6. The quantitative estimate of drug-likeness (QED) is 0.104. The fourth-order valence-electron chi connectivity index (χ4n) is 4.45. The molecule has 2 heterocycles. The number of anilines is 1. The Morgan fingerprint density at radius 3 is 2.66 bits per heavy atom. The Morgan fingerprint density at radius 2 is 1.86 bits per heavy atom. The zero-order chi connectivity index (χ0) is 30.8. The van der Waals surface area contributed by atoms with Crippen LogP contribution in [0.15, 0.2) is 110 Å². The number of carbonyl (C=O) groups is 1. The van der Waals surface area contributed by atoms with Crippen LogP contribution >= 0.6 is 27.5 Å². The summed E-state index contributed by atoms with van der Waals surface area (Å²) in [6.45, 7) is -0.515. The molecular weight excluding hydrogens is 654 g/mol. The standard InChI is InChI=1S/C31H19BrClN5O6/c32-20-10-11-26-19(14-20)15-27(44-26)30-36-24-9-5-4-8-22(24)31(40)37(30)34-16-18-12-23(33)29(25(13-18)38(41)42)43-17-28(39)35-21-6-2-1-3-7-21/h1-16H,17H2,(H,35,39). The third-order valence-electron chi connectivity index (χ3n) is 6.42. The lowest BCUT2D eigenvalue weighted by Gasteiger charge is -2.10. The SMILES string of the molecule is O=C(COc1c(Cl)cc(C=Nn2c(-c3cc4cc(Br)ccc4o3)nc3ccccc3c2=O)cc1[N+](=O)[O-])Nc1ccccc1. The Labute approximate surface area is 261 Å². The van der Waals surface area contributed by atoms with Crippen LogP contribution < -0.4 is 15.6 Å². The largest absolute Gasteiger partial charge is 0.476 e. The minimum absolute atomic E-state index is 0.125. The summed E-state index contributed by atoms with van der Waals surface area (Å²) in [6.07, 6.45) is 1.24. The Kier molecular flexibility index (Phi) is 7.92. The number of ether oxygens (including phenoxy) is 1. The minimum Gasteiger partial charge on any atom is -0.476 e. The highest BCUT2D eigenvalue weighted by molar-refractivity contribution is 9.10. The topological polar surface area (TPSA) is 142 Å². The summed E-state index contributed by atoms with van der Waals surface area (Å²) in [6, 6.07) is 25.2. The molecule has 11 nitrogen and oxygen atoms in total. The maximum absolute atomic E-state index is 13.6. The van der Waals surface area contributed by atoms with E-state index in [2.05, 4.69) is 31.3 Å². The second-order valence-corrected chi connectivity index (χ2v) is 10.7. The monoisotopic (exact) mass is 671 g/mol. The van der Waals surface area contributed by atoms with E-state index in [0.29, 0.717) is 27.9 Å². The predicted molar refractivity (Wildman–Crippen MR) is 171 cm³/mol. The van der Waals surface area contributed by atoms with E-state index in [0.717, 1.165) is 14.5 Å². The molecule has 1 amide bonds. The maximum atomic E-state index is 13.6. The first-order valence-electron chi connectivity index (χ1n) is 13.0. The van der Waals surface area contributed by atoms with Gasteiger partial charge in [-0.25, -0.2) is 4.98 Å². The Hall–Kier alpha value is -5.33. The lowest BCUT2D eigenvalue weighted by molar-refractivity contribution is -0.385. The lowest BCUT2D eigenvalue weighted by atomic mass is 10.2. The number of nitrogens with one attached hydrogen (secondary N) is 1. The van der Waals surface area contributed by atoms with Crippen LogP contribution in [0.3, 0.4) is 0 Å². The van der Waals surface area contributed by atoms with E-state index >= 15 is 0 Å². The molecule has 4 aromatic carbocycles. The number of halogens is 2. The van der Waals surface area contributed by atoms with E-state index < -0.39 is 28.7 Å². The highest BCUT2D eigenvalue weighted by Crippen LogP contribution is 2.36. The van der Waals surface area contributed by atoms with Crippen LogP contribution in [0.1, 0.15) is 5.56 Å². The number of fused-ring (bicyclic) bond motifs is 2. The van der Waals surface area contributed by atoms with Crippen LogP contribution in [-0.4, -0.2) is 33.3 Å². The molecule has 2 aromatic heterocycles. The van der Waals surface area contributed by atoms with Gasteiger partial charge in [0.2, 0.25) is 11.6 Å². The molecule has 13 heteroatoms. The van der Waals surface area contributed by atoms with Gasteiger partial charge >= 0.3 is 5.69 Å². The van der Waals surface area contributed by atoms with Crippen molar-refractivity contribution in [3.63, 3.8) is 0 Å². The minimum atomic E-state index is -0.685. The highest BCUT2D eigenvalue weighted by atomic mass is 79.9. The lowest BCUT2D eigenvalue weighted by Crippen LogP contribution is -2.20. The van der Waals surface area contributed by atoms with Gasteiger partial charge in [0.05, 0.1) is 27.1 Å². The number of para-hydroxylation sites is 2. The summed E-state index contributed by atoms with van der Waals surface area (Å²) in [4.78, 5) is 41.8. The van der Waals surface area contributed by atoms with Crippen LogP contribution in [0.4, 0.5) is 11.4 Å². The third kappa shape index (κ3) is 5.93. The van der Waals surface area contributed by atoms with Gasteiger partial charge in [0.1, 0.15) is 5.58 Å². The van der Waals surface area contributed by atoms with E-state index in [4.69, 9.17) is 20.8 Å². The molecule has 0 unspecified atom stereocenters. The van der Waals surface area contributed by atoms with Gasteiger partial charge in [-0.05, 0) is 54.6 Å². The van der Waals surface area contributed by atoms with Gasteiger partial charge < -0.3 is 14.5 Å². The molecule has 0 bridgehead atoms. The van der Waals surface area contributed by atoms with Gasteiger partial charge in [-0.15, -0.1) is 0 Å². The van der Waals surface area contributed by atoms with Gasteiger partial charge in [-0.2, -0.15) is 9.78 Å². The number of nitrogens with zero attached hydrogens (tertiary/aromatic N) is 4. The van der Waals surface area contributed by atoms with Crippen molar-refractivity contribution in [2.24, 2.45) is 5.10 Å². The van der Waals surface area contributed by atoms with Crippen LogP contribution in [0.5, 0.6) is 5.75 Å². The number of aromatic nitrogens is 2. The Bertz CT molecular complexity index is 2160. The van der Waals surface area contributed by atoms with Gasteiger partial charge in [0.25, 0.3) is 11.5 Å². The zero-order valence-electron chi connectivity index (χ0n) is 22.4. The molecule has 0 saturated heterocycles. The molecule has 0 aliphatic carbocycles. The van der Waals surface area contributed by atoms with E-state index in [9.17, 15) is 19.7 Å². The summed E-state index contributed by atoms with van der Waals surface area (Å²) in [5, 5.41) is 19.9. The predicted octanol–water partition coefficient (Wildman–Crippen LogP) is 7.03. The molecule has 6 aromatic rings. The van der Waals surface area contributed by atoms with Crippen molar-refractivity contribution in [2.45, 2.75) is 0 Å². The van der Waals surface area contributed by atoms with Gasteiger partial charge in [0.15, 0.2) is 12.4 Å². The Morgan fingerprint density at radius 1 is 1.09 bits per heavy atom. The number of hydrogen-bond donors (Lipinski definition) is 1. The van der Waals surface area contributed by atoms with Crippen molar-refractivity contribution < 1.29 is 18.9 Å². The summed E-state index contributed by atoms with van der Waals surface area (Å²) in [5.74, 6) is -0.390. The summed E-state index contributed by atoms with van der Waals surface area (Å²) < 4.78 is 13.4. The van der Waals surface area contributed by atoms with E-state index in [1.165, 1.54) is 18.3 Å². The molecule has 0 aliphatic heterocycles. The molecule has 0 aliphatic rings. The number of benzene rings is 4. The fourth-order valence-corrected chi connectivity index (χ4v) is 5.10. The smallest absolute Gasteiger partial charge is 0.313 e. The average molecular weight is 673 g/mol. The van der Waals surface area contributed by atoms with Crippen molar-refractivity contribution in [1.29, 1.82) is 0 Å². The summed E-state index contributed by atoms with van der Waals surface area (Å²) in [7, 11) is 0. The highest BCUT2D eigenvalue weighted by Gasteiger charge is 2.22. The van der Waals surface area contributed by atoms with Crippen molar-refractivity contribution in [1.82, 2.24) is 9.66 Å². The first-order valence-corrected chi connectivity index (χ1v) is 14.1. The molecule has 44 heavy (non-hydrogen) atoms. The number of amides is 1. The van der Waals surface area contributed by atoms with E-state index in [-0.39, 0.29) is 22.2 Å². The van der Waals surface area contributed by atoms with Gasteiger partial charge in [-0.3, -0.25) is 19.7 Å². The first kappa shape index (κ1) is 28.8. The van der Waals surface area contributed by atoms with Crippen LogP contribution in [0.25, 0.3) is 33.5 Å². The van der Waals surface area contributed by atoms with Crippen LogP contribution in [-0.2, 0) is 4.79 Å². The number of nitro benzene ring substituents is 1. The zero-order valence-corrected chi connectivity index (χ0v) is 24.8. The summed E-state index contributed by atoms with van der Waals surface area (Å²) >= 11 is 9.82. The normalized spacial score (nSPS) is 11.3. The number of nitro groups is 1. The number of hydrogen-bond acceptors (Lipinski definition) is 8. The molecule has 1 N–H and O–H groups in total. The van der Waals surface area contributed by atoms with E-state index in [1.807, 2.05) is 12.1 Å². The maximum Gasteiger partial charge on any atom is 0.313 e. The Balaban J connectivity index is 1.35. The molecule has 0 radical (unpaired) electrons. The van der Waals surface area contributed by atoms with Crippen molar-refractivity contribution in [2.75, 3.05) is 11.9 Å². The molecule has 0 spiro atoms. The second kappa shape index (κ2) is 12.1. The molecule has 0 saturated carbocycles. The molecule has 0 fully saturated rings. The molecule has 6 rings (SSSR count). The number of furan rings is 1. The first-order chi connectivity index (χ1) is 21.3.